The first-order chi connectivity index (χ1) is 25.0. The zero-order chi connectivity index (χ0) is 37.3. The number of benzene rings is 2. The van der Waals surface area contributed by atoms with Crippen LogP contribution in [0.15, 0.2) is 78.9 Å². The summed E-state index contributed by atoms with van der Waals surface area (Å²) in [6, 6.07) is 14.6. The average Bonchev–Trinajstić information content (AvgIpc) is 3.79. The number of carbonyl (C=O) groups is 4. The Balaban J connectivity index is 1.48. The Morgan fingerprint density at radius 1 is 0.962 bits per heavy atom. The van der Waals surface area contributed by atoms with Crippen LogP contribution in [0.2, 0.25) is 0 Å². The molecule has 278 valence electrons. The molecule has 1 spiro atoms. The maximum Gasteiger partial charge on any atom is 0.313 e. The van der Waals surface area contributed by atoms with Crippen LogP contribution in [-0.2, 0) is 28.7 Å². The van der Waals surface area contributed by atoms with Gasteiger partial charge in [0.15, 0.2) is 0 Å². The van der Waals surface area contributed by atoms with Gasteiger partial charge in [-0.05, 0) is 62.9 Å². The molecule has 6 rings (SSSR count). The second-order valence-electron chi connectivity index (χ2n) is 14.6. The lowest BCUT2D eigenvalue weighted by Crippen LogP contribution is -2.59. The summed E-state index contributed by atoms with van der Waals surface area (Å²) in [6.07, 6.45) is 6.34. The minimum Gasteiger partial charge on any atom is -0.455 e. The number of nitrogens with zero attached hydrogens (tertiary/aromatic N) is 4. The van der Waals surface area contributed by atoms with Gasteiger partial charge in [-0.3, -0.25) is 19.2 Å². The molecule has 3 amide bonds. The number of ether oxygens (including phenoxy) is 2. The van der Waals surface area contributed by atoms with Crippen molar-refractivity contribution in [3.8, 4) is 0 Å². The smallest absolute Gasteiger partial charge is 0.313 e. The third kappa shape index (κ3) is 6.42. The van der Waals surface area contributed by atoms with E-state index >= 15 is 4.79 Å². The fraction of sp³-hybridized carbons (Fsp3) is 0.512. The highest BCUT2D eigenvalue weighted by Gasteiger charge is 2.74. The van der Waals surface area contributed by atoms with E-state index in [1.807, 2.05) is 87.5 Å². The average molecular weight is 713 g/mol. The Bertz CT molecular complexity index is 1690. The largest absolute Gasteiger partial charge is 0.455 e. The highest BCUT2D eigenvalue weighted by molar-refractivity contribution is 6.05. The molecule has 11 nitrogen and oxygen atoms in total. The van der Waals surface area contributed by atoms with Crippen molar-refractivity contribution < 1.29 is 33.8 Å². The van der Waals surface area contributed by atoms with E-state index in [9.17, 15) is 19.5 Å². The number of amides is 3. The van der Waals surface area contributed by atoms with Crippen LogP contribution in [0.4, 0.5) is 11.4 Å². The quantitative estimate of drug-likeness (QED) is 0.314. The van der Waals surface area contributed by atoms with Gasteiger partial charge in [0.1, 0.15) is 23.7 Å². The number of cyclic esters (lactones) is 1. The summed E-state index contributed by atoms with van der Waals surface area (Å²) in [6.45, 7) is 11.3. The SMILES string of the molecule is CCN(CC)c1ccc(N2C/C=C\CCC(=O)N(C)[C@H](C)[C@@H](c3ccccc3)OC(=O)[C@@H]3[C@@H]4C=C[C@]5(O4)[C@H](C2=O)N([C@@H](CO)C(C)C)C(=O)[C@@H]35)cc1. The van der Waals surface area contributed by atoms with E-state index < -0.39 is 59.6 Å². The molecule has 2 fully saturated rings. The van der Waals surface area contributed by atoms with Crippen LogP contribution in [0.25, 0.3) is 0 Å². The second kappa shape index (κ2) is 15.2. The monoisotopic (exact) mass is 712 g/mol. The first-order valence-corrected chi connectivity index (χ1v) is 18.6. The highest BCUT2D eigenvalue weighted by atomic mass is 16.6. The van der Waals surface area contributed by atoms with Gasteiger partial charge in [-0.2, -0.15) is 0 Å². The van der Waals surface area contributed by atoms with E-state index in [-0.39, 0.29) is 37.3 Å². The Hall–Kier alpha value is -4.48. The zero-order valence-electron chi connectivity index (χ0n) is 31.1. The molecule has 4 aliphatic heterocycles. The molecule has 1 N–H and O–H groups in total. The molecule has 5 bridgehead atoms. The van der Waals surface area contributed by atoms with E-state index in [0.29, 0.717) is 17.7 Å². The summed E-state index contributed by atoms with van der Waals surface area (Å²) >= 11 is 0. The molecule has 0 radical (unpaired) electrons. The van der Waals surface area contributed by atoms with Crippen LogP contribution >= 0.6 is 0 Å². The molecular formula is C41H52N4O7. The molecule has 4 heterocycles. The van der Waals surface area contributed by atoms with Crippen LogP contribution in [0.1, 0.15) is 59.1 Å². The Labute approximate surface area is 306 Å². The van der Waals surface area contributed by atoms with Crippen molar-refractivity contribution in [3.63, 3.8) is 0 Å². The van der Waals surface area contributed by atoms with Crippen molar-refractivity contribution in [3.05, 3.63) is 84.5 Å². The Morgan fingerprint density at radius 2 is 1.65 bits per heavy atom. The maximum absolute atomic E-state index is 15.2. The molecule has 0 saturated carbocycles. The number of hydrogen-bond donors (Lipinski definition) is 1. The number of rotatable bonds is 8. The molecule has 2 aromatic carbocycles. The van der Waals surface area contributed by atoms with Gasteiger partial charge >= 0.3 is 5.97 Å². The molecule has 0 aromatic heterocycles. The van der Waals surface area contributed by atoms with Crippen LogP contribution in [0.3, 0.4) is 0 Å². The van der Waals surface area contributed by atoms with E-state index in [4.69, 9.17) is 9.47 Å². The van der Waals surface area contributed by atoms with E-state index in [1.54, 1.807) is 29.0 Å². The van der Waals surface area contributed by atoms with Crippen molar-refractivity contribution >= 4 is 35.1 Å². The minimum atomic E-state index is -1.46. The number of hydrogen-bond acceptors (Lipinski definition) is 8. The fourth-order valence-corrected chi connectivity index (χ4v) is 8.44. The lowest BCUT2D eigenvalue weighted by molar-refractivity contribution is -0.164. The van der Waals surface area contributed by atoms with Crippen LogP contribution < -0.4 is 9.80 Å². The van der Waals surface area contributed by atoms with Crippen molar-refractivity contribution in [2.24, 2.45) is 17.8 Å². The summed E-state index contributed by atoms with van der Waals surface area (Å²) in [5.41, 5.74) is 0.906. The van der Waals surface area contributed by atoms with Gasteiger partial charge in [-0.15, -0.1) is 0 Å². The number of aliphatic hydroxyl groups is 1. The summed E-state index contributed by atoms with van der Waals surface area (Å²) in [5, 5.41) is 10.7. The molecular weight excluding hydrogens is 660 g/mol. The lowest BCUT2D eigenvalue weighted by atomic mass is 9.74. The van der Waals surface area contributed by atoms with Gasteiger partial charge in [0.25, 0.3) is 5.91 Å². The molecule has 0 unspecified atom stereocenters. The van der Waals surface area contributed by atoms with Gasteiger partial charge in [0.2, 0.25) is 11.8 Å². The number of allylic oxidation sites excluding steroid dienone is 1. The second-order valence-corrected chi connectivity index (χ2v) is 14.6. The number of aliphatic hydroxyl groups excluding tert-OH is 1. The highest BCUT2D eigenvalue weighted by Crippen LogP contribution is 2.56. The van der Waals surface area contributed by atoms with Crippen LogP contribution in [-0.4, -0.2) is 102 Å². The zero-order valence-corrected chi connectivity index (χ0v) is 31.1. The standard InChI is InChI=1S/C41H52N4O7/c1-7-43(8-2)29-18-20-30(21-19-29)44-24-14-10-13-17-33(47)42(6)27(5)36(28-15-11-9-12-16-28)51-40(50)34-32-22-23-41(52-32)35(34)38(48)45(37(41)39(44)49)31(25-46)26(3)4/h9-12,14-16,18-23,26-27,31-32,34-37,46H,7-8,13,17,24-25H2,1-6H3/b14-10-/t27-,31+,32+,34-,35-,36+,37+,41-/m1/s1. The molecule has 0 aliphatic carbocycles. The molecule has 8 atom stereocenters. The molecule has 2 aromatic rings. The summed E-state index contributed by atoms with van der Waals surface area (Å²) in [4.78, 5) is 64.9. The normalized spacial score (nSPS) is 30.6. The number of carbonyl (C=O) groups excluding carboxylic acids is 4. The predicted octanol–water partition coefficient (Wildman–Crippen LogP) is 4.51. The fourth-order valence-electron chi connectivity index (χ4n) is 8.44. The summed E-state index contributed by atoms with van der Waals surface area (Å²) in [7, 11) is 1.71. The number of esters is 1. The number of likely N-dealkylation sites (tertiary alicyclic amines) is 1. The molecule has 4 aliphatic rings. The molecule has 11 heteroatoms. The van der Waals surface area contributed by atoms with Crippen LogP contribution in [0.5, 0.6) is 0 Å². The van der Waals surface area contributed by atoms with Gasteiger partial charge in [-0.25, -0.2) is 0 Å². The third-order valence-corrected chi connectivity index (χ3v) is 11.5. The van der Waals surface area contributed by atoms with Crippen LogP contribution in [0, 0.1) is 17.8 Å². The van der Waals surface area contributed by atoms with Gasteiger partial charge in [-0.1, -0.05) is 68.5 Å². The number of fused-ring (bicyclic) bond motifs is 2. The minimum absolute atomic E-state index is 0.114. The molecule has 52 heavy (non-hydrogen) atoms. The van der Waals surface area contributed by atoms with E-state index in [2.05, 4.69) is 18.7 Å². The molecule has 2 saturated heterocycles. The number of likely N-dealkylation sites (N-methyl/N-ethyl adjacent to an activating group) is 1. The maximum atomic E-state index is 15.2. The predicted molar refractivity (Wildman–Crippen MR) is 198 cm³/mol. The van der Waals surface area contributed by atoms with E-state index in [1.165, 1.54) is 4.90 Å². The Kier molecular flexibility index (Phi) is 10.9. The van der Waals surface area contributed by atoms with Crippen molar-refractivity contribution in [2.45, 2.75) is 83.4 Å². The van der Waals surface area contributed by atoms with E-state index in [0.717, 1.165) is 18.8 Å². The van der Waals surface area contributed by atoms with Gasteiger partial charge in [0, 0.05) is 44.5 Å². The van der Waals surface area contributed by atoms with Gasteiger partial charge in [0.05, 0.1) is 30.7 Å². The first-order valence-electron chi connectivity index (χ1n) is 18.6. The lowest BCUT2D eigenvalue weighted by Gasteiger charge is -2.40. The summed E-state index contributed by atoms with van der Waals surface area (Å²) in [5.74, 6) is -3.86. The topological polar surface area (TPSA) is 120 Å². The van der Waals surface area contributed by atoms with Crippen molar-refractivity contribution in [1.82, 2.24) is 9.80 Å². The Morgan fingerprint density at radius 3 is 2.29 bits per heavy atom. The first kappa shape index (κ1) is 37.3. The van der Waals surface area contributed by atoms with Crippen molar-refractivity contribution in [1.29, 1.82) is 0 Å². The number of anilines is 2. The van der Waals surface area contributed by atoms with Gasteiger partial charge < -0.3 is 34.2 Å². The summed E-state index contributed by atoms with van der Waals surface area (Å²) < 4.78 is 13.0. The van der Waals surface area contributed by atoms with Crippen molar-refractivity contribution in [2.75, 3.05) is 43.1 Å². The third-order valence-electron chi connectivity index (χ3n) is 11.5.